The van der Waals surface area contributed by atoms with Crippen molar-refractivity contribution in [1.82, 2.24) is 20.5 Å². The minimum atomic E-state index is -4.38. The van der Waals surface area contributed by atoms with Crippen LogP contribution in [-0.4, -0.2) is 49.1 Å². The number of aliphatic imine (C=N–C) groups is 1. The fourth-order valence-electron chi connectivity index (χ4n) is 3.20. The van der Waals surface area contributed by atoms with Crippen molar-refractivity contribution < 1.29 is 13.2 Å². The summed E-state index contributed by atoms with van der Waals surface area (Å²) < 4.78 is 37.9. The Labute approximate surface area is 170 Å². The van der Waals surface area contributed by atoms with Gasteiger partial charge in [-0.15, -0.1) is 22.7 Å². The second kappa shape index (κ2) is 9.71. The molecule has 3 heterocycles. The van der Waals surface area contributed by atoms with Gasteiger partial charge in [0.05, 0.1) is 11.0 Å². The van der Waals surface area contributed by atoms with E-state index in [0.717, 1.165) is 36.4 Å². The fourth-order valence-corrected chi connectivity index (χ4v) is 4.87. The highest BCUT2D eigenvalue weighted by Crippen LogP contribution is 2.30. The molecule has 2 aromatic rings. The van der Waals surface area contributed by atoms with Gasteiger partial charge in [-0.05, 0) is 37.4 Å². The molecule has 2 aromatic heterocycles. The molecular weight excluding hydrogens is 407 g/mol. The average Bonchev–Trinajstić information content (AvgIpc) is 3.41. The van der Waals surface area contributed by atoms with Crippen LogP contribution in [0.4, 0.5) is 13.2 Å². The standard InChI is InChI=1S/C18H24F3N5S2/c1-22-17(23-7-6-16-25-15(12-28-16)18(19,20)21)24-11-13(14-5-4-10-27-14)26-8-2-3-9-26/h4-5,10,12-13H,2-3,6-9,11H2,1H3,(H2,22,23,24). The Hall–Kier alpha value is -1.65. The third-order valence-corrected chi connectivity index (χ3v) is 6.50. The molecule has 2 N–H and O–H groups in total. The molecule has 0 radical (unpaired) electrons. The van der Waals surface area contributed by atoms with Gasteiger partial charge in [0.15, 0.2) is 11.7 Å². The van der Waals surface area contributed by atoms with Gasteiger partial charge in [0.1, 0.15) is 0 Å². The lowest BCUT2D eigenvalue weighted by Crippen LogP contribution is -2.43. The first-order valence-electron chi connectivity index (χ1n) is 9.21. The number of likely N-dealkylation sites (tertiary alicyclic amines) is 1. The number of hydrogen-bond donors (Lipinski definition) is 2. The van der Waals surface area contributed by atoms with E-state index >= 15 is 0 Å². The van der Waals surface area contributed by atoms with Gasteiger partial charge in [-0.3, -0.25) is 9.89 Å². The predicted octanol–water partition coefficient (Wildman–Crippen LogP) is 3.77. The Kier molecular flexibility index (Phi) is 7.30. The number of thiophene rings is 1. The van der Waals surface area contributed by atoms with Gasteiger partial charge in [-0.2, -0.15) is 13.2 Å². The summed E-state index contributed by atoms with van der Waals surface area (Å²) in [6, 6.07) is 4.53. The van der Waals surface area contributed by atoms with Gasteiger partial charge in [0, 0.05) is 36.8 Å². The smallest absolute Gasteiger partial charge is 0.356 e. The third-order valence-electron chi connectivity index (χ3n) is 4.61. The van der Waals surface area contributed by atoms with Crippen LogP contribution in [0, 0.1) is 0 Å². The van der Waals surface area contributed by atoms with Crippen LogP contribution in [-0.2, 0) is 12.6 Å². The molecule has 28 heavy (non-hydrogen) atoms. The molecule has 10 heteroatoms. The highest BCUT2D eigenvalue weighted by Gasteiger charge is 2.33. The van der Waals surface area contributed by atoms with Crippen molar-refractivity contribution in [3.63, 3.8) is 0 Å². The highest BCUT2D eigenvalue weighted by molar-refractivity contribution is 7.10. The first-order valence-corrected chi connectivity index (χ1v) is 11.0. The third kappa shape index (κ3) is 5.68. The predicted molar refractivity (Wildman–Crippen MR) is 108 cm³/mol. The van der Waals surface area contributed by atoms with Gasteiger partial charge in [0.2, 0.25) is 0 Å². The Morgan fingerprint density at radius 2 is 2.07 bits per heavy atom. The van der Waals surface area contributed by atoms with E-state index in [4.69, 9.17) is 0 Å². The molecule has 154 valence electrons. The number of hydrogen-bond acceptors (Lipinski definition) is 5. The zero-order chi connectivity index (χ0) is 20.0. The van der Waals surface area contributed by atoms with Crippen LogP contribution in [0.1, 0.15) is 34.5 Å². The first kappa shape index (κ1) is 21.1. The zero-order valence-corrected chi connectivity index (χ0v) is 17.3. The molecule has 1 aliphatic rings. The van der Waals surface area contributed by atoms with Crippen molar-refractivity contribution >= 4 is 28.6 Å². The van der Waals surface area contributed by atoms with E-state index in [1.165, 1.54) is 17.7 Å². The van der Waals surface area contributed by atoms with E-state index in [2.05, 4.69) is 43.0 Å². The second-order valence-electron chi connectivity index (χ2n) is 6.53. The highest BCUT2D eigenvalue weighted by atomic mass is 32.1. The van der Waals surface area contributed by atoms with Crippen molar-refractivity contribution in [3.8, 4) is 0 Å². The molecule has 0 aromatic carbocycles. The van der Waals surface area contributed by atoms with Crippen molar-refractivity contribution in [2.75, 3.05) is 33.2 Å². The summed E-state index contributed by atoms with van der Waals surface area (Å²) in [6.45, 7) is 3.40. The van der Waals surface area contributed by atoms with Gasteiger partial charge >= 0.3 is 6.18 Å². The van der Waals surface area contributed by atoms with Gasteiger partial charge in [-0.1, -0.05) is 6.07 Å². The van der Waals surface area contributed by atoms with E-state index in [9.17, 15) is 13.2 Å². The molecule has 1 unspecified atom stereocenters. The van der Waals surface area contributed by atoms with Crippen LogP contribution < -0.4 is 10.6 Å². The molecule has 1 atom stereocenters. The minimum Gasteiger partial charge on any atom is -0.356 e. The minimum absolute atomic E-state index is 0.300. The monoisotopic (exact) mass is 431 g/mol. The molecule has 0 aliphatic carbocycles. The van der Waals surface area contributed by atoms with E-state index in [-0.39, 0.29) is 0 Å². The van der Waals surface area contributed by atoms with Crippen LogP contribution in [0.2, 0.25) is 0 Å². The number of aromatic nitrogens is 1. The molecule has 0 saturated carbocycles. The summed E-state index contributed by atoms with van der Waals surface area (Å²) in [7, 11) is 1.69. The maximum atomic E-state index is 12.6. The van der Waals surface area contributed by atoms with Crippen LogP contribution in [0.15, 0.2) is 27.9 Å². The number of halogens is 3. The van der Waals surface area contributed by atoms with Crippen LogP contribution in [0.25, 0.3) is 0 Å². The van der Waals surface area contributed by atoms with Crippen LogP contribution >= 0.6 is 22.7 Å². The van der Waals surface area contributed by atoms with Crippen molar-refractivity contribution in [3.05, 3.63) is 38.5 Å². The summed E-state index contributed by atoms with van der Waals surface area (Å²) in [6.07, 6.45) is -1.51. The van der Waals surface area contributed by atoms with E-state index in [1.54, 1.807) is 18.4 Å². The first-order chi connectivity index (χ1) is 13.5. The number of nitrogens with zero attached hydrogens (tertiary/aromatic N) is 3. The summed E-state index contributed by atoms with van der Waals surface area (Å²) >= 11 is 2.79. The lowest BCUT2D eigenvalue weighted by Gasteiger charge is -2.27. The molecule has 0 amide bonds. The van der Waals surface area contributed by atoms with E-state index in [0.29, 0.717) is 30.0 Å². The van der Waals surface area contributed by atoms with Crippen molar-refractivity contribution in [1.29, 1.82) is 0 Å². The molecule has 1 aliphatic heterocycles. The van der Waals surface area contributed by atoms with E-state index in [1.807, 2.05) is 0 Å². The Morgan fingerprint density at radius 1 is 1.29 bits per heavy atom. The maximum absolute atomic E-state index is 12.6. The molecule has 1 saturated heterocycles. The van der Waals surface area contributed by atoms with Gasteiger partial charge in [0.25, 0.3) is 0 Å². The maximum Gasteiger partial charge on any atom is 0.434 e. The lowest BCUT2D eigenvalue weighted by molar-refractivity contribution is -0.140. The van der Waals surface area contributed by atoms with Crippen molar-refractivity contribution in [2.24, 2.45) is 4.99 Å². The number of alkyl halides is 3. The molecule has 5 nitrogen and oxygen atoms in total. The molecular formula is C18H24F3N5S2. The molecule has 3 rings (SSSR count). The Morgan fingerprint density at radius 3 is 2.68 bits per heavy atom. The summed E-state index contributed by atoms with van der Waals surface area (Å²) in [4.78, 5) is 11.7. The van der Waals surface area contributed by atoms with Crippen molar-refractivity contribution in [2.45, 2.75) is 31.5 Å². The number of thiazole rings is 1. The Balaban J connectivity index is 1.49. The lowest BCUT2D eigenvalue weighted by atomic mass is 10.2. The van der Waals surface area contributed by atoms with Crippen LogP contribution in [0.3, 0.4) is 0 Å². The molecule has 1 fully saturated rings. The topological polar surface area (TPSA) is 52.6 Å². The summed E-state index contributed by atoms with van der Waals surface area (Å²) in [5, 5.41) is 10.1. The van der Waals surface area contributed by atoms with Gasteiger partial charge < -0.3 is 10.6 Å². The Bertz CT molecular complexity index is 752. The molecule has 0 bridgehead atoms. The number of nitrogens with one attached hydrogen (secondary N) is 2. The molecule has 0 spiro atoms. The van der Waals surface area contributed by atoms with Crippen LogP contribution in [0.5, 0.6) is 0 Å². The number of guanidine groups is 1. The number of rotatable bonds is 7. The quantitative estimate of drug-likeness (QED) is 0.518. The fraction of sp³-hybridized carbons (Fsp3) is 0.556. The summed E-state index contributed by atoms with van der Waals surface area (Å²) in [5.41, 5.74) is -0.820. The van der Waals surface area contributed by atoms with Gasteiger partial charge in [-0.25, -0.2) is 4.98 Å². The van der Waals surface area contributed by atoms with E-state index < -0.39 is 11.9 Å². The largest absolute Gasteiger partial charge is 0.434 e. The SMILES string of the molecule is CN=C(NCCc1nc(C(F)(F)F)cs1)NCC(c1cccs1)N1CCCC1. The zero-order valence-electron chi connectivity index (χ0n) is 15.6. The second-order valence-corrected chi connectivity index (χ2v) is 8.45. The summed E-state index contributed by atoms with van der Waals surface area (Å²) in [5.74, 6) is 0.647. The normalized spacial score (nSPS) is 17.1. The average molecular weight is 432 g/mol.